The minimum Gasteiger partial charge on any atom is -0.439 e. The van der Waals surface area contributed by atoms with E-state index in [-0.39, 0.29) is 5.82 Å². The molecule has 1 unspecified atom stereocenters. The van der Waals surface area contributed by atoms with Crippen LogP contribution in [0.2, 0.25) is 0 Å². The Morgan fingerprint density at radius 3 is 3.11 bits per heavy atom. The second-order valence-corrected chi connectivity index (χ2v) is 5.18. The molecule has 1 fully saturated rings. The lowest BCUT2D eigenvalue weighted by Gasteiger charge is -2.10. The summed E-state index contributed by atoms with van der Waals surface area (Å²) in [4.78, 5) is 4.27. The second kappa shape index (κ2) is 4.69. The Bertz CT molecular complexity index is 548. The summed E-state index contributed by atoms with van der Waals surface area (Å²) in [7, 11) is 0. The fourth-order valence-corrected chi connectivity index (χ4v) is 2.22. The monoisotopic (exact) mass is 248 g/mol. The van der Waals surface area contributed by atoms with Crippen LogP contribution < -0.4 is 5.32 Å². The van der Waals surface area contributed by atoms with Crippen LogP contribution in [0.1, 0.15) is 32.1 Å². The summed E-state index contributed by atoms with van der Waals surface area (Å²) < 4.78 is 18.6. The smallest absolute Gasteiger partial charge is 0.209 e. The lowest BCUT2D eigenvalue weighted by molar-refractivity contribution is 0.435. The molecule has 0 amide bonds. The van der Waals surface area contributed by atoms with Crippen LogP contribution in [0.5, 0.6) is 0 Å². The van der Waals surface area contributed by atoms with E-state index in [4.69, 9.17) is 4.42 Å². The van der Waals surface area contributed by atoms with Gasteiger partial charge in [-0.1, -0.05) is 12.8 Å². The van der Waals surface area contributed by atoms with Crippen molar-refractivity contribution in [3.8, 4) is 0 Å². The molecule has 0 bridgehead atoms. The van der Waals surface area contributed by atoms with Gasteiger partial charge in [0.05, 0.1) is 6.54 Å². The minimum atomic E-state index is -0.280. The molecule has 1 N–H and O–H groups in total. The van der Waals surface area contributed by atoms with Crippen LogP contribution >= 0.6 is 0 Å². The van der Waals surface area contributed by atoms with Crippen molar-refractivity contribution in [2.75, 3.05) is 0 Å². The van der Waals surface area contributed by atoms with E-state index in [1.807, 2.05) is 0 Å². The maximum Gasteiger partial charge on any atom is 0.209 e. The van der Waals surface area contributed by atoms with Gasteiger partial charge in [0.1, 0.15) is 11.3 Å². The number of rotatable bonds is 5. The van der Waals surface area contributed by atoms with Crippen molar-refractivity contribution < 1.29 is 8.81 Å². The van der Waals surface area contributed by atoms with Crippen LogP contribution in [-0.4, -0.2) is 11.0 Å². The summed E-state index contributed by atoms with van der Waals surface area (Å²) >= 11 is 0. The molecule has 0 radical (unpaired) electrons. The molecule has 1 aliphatic carbocycles. The van der Waals surface area contributed by atoms with Gasteiger partial charge in [0, 0.05) is 12.1 Å². The van der Waals surface area contributed by atoms with Crippen molar-refractivity contribution in [1.29, 1.82) is 0 Å². The quantitative estimate of drug-likeness (QED) is 0.882. The number of oxazole rings is 1. The summed E-state index contributed by atoms with van der Waals surface area (Å²) in [6.45, 7) is 2.78. The van der Waals surface area contributed by atoms with Crippen LogP contribution in [0.3, 0.4) is 0 Å². The maximum atomic E-state index is 13.0. The number of nitrogens with one attached hydrogen (secondary N) is 1. The van der Waals surface area contributed by atoms with E-state index < -0.39 is 0 Å². The predicted octanol–water partition coefficient (Wildman–Crippen LogP) is 3.25. The molecule has 0 saturated heterocycles. The predicted molar refractivity (Wildman–Crippen MR) is 67.6 cm³/mol. The average molecular weight is 248 g/mol. The van der Waals surface area contributed by atoms with Crippen molar-refractivity contribution in [2.45, 2.75) is 38.8 Å². The normalized spacial score (nSPS) is 17.2. The highest BCUT2D eigenvalue weighted by molar-refractivity contribution is 5.72. The van der Waals surface area contributed by atoms with Gasteiger partial charge in [0.2, 0.25) is 5.89 Å². The first kappa shape index (κ1) is 11.7. The number of hydrogen-bond donors (Lipinski definition) is 1. The Hall–Kier alpha value is -1.42. The first-order valence-corrected chi connectivity index (χ1v) is 6.49. The van der Waals surface area contributed by atoms with Crippen molar-refractivity contribution in [2.24, 2.45) is 5.92 Å². The second-order valence-electron chi connectivity index (χ2n) is 5.18. The first-order chi connectivity index (χ1) is 8.70. The third kappa shape index (κ3) is 2.70. The van der Waals surface area contributed by atoms with Crippen LogP contribution in [0.4, 0.5) is 4.39 Å². The molecule has 3 rings (SSSR count). The van der Waals surface area contributed by atoms with Crippen LogP contribution in [0.15, 0.2) is 22.6 Å². The van der Waals surface area contributed by atoms with E-state index in [9.17, 15) is 4.39 Å². The summed E-state index contributed by atoms with van der Waals surface area (Å²) in [5, 5.41) is 3.40. The van der Waals surface area contributed by atoms with E-state index in [1.165, 1.54) is 31.4 Å². The molecule has 0 aliphatic heterocycles. The highest BCUT2D eigenvalue weighted by Crippen LogP contribution is 2.33. The molecule has 1 aromatic carbocycles. The molecule has 3 nitrogen and oxygen atoms in total. The topological polar surface area (TPSA) is 38.1 Å². The molecule has 18 heavy (non-hydrogen) atoms. The average Bonchev–Trinajstić information content (AvgIpc) is 3.04. The molecule has 2 aromatic rings. The van der Waals surface area contributed by atoms with Gasteiger partial charge in [0.25, 0.3) is 0 Å². The molecule has 0 spiro atoms. The molecule has 1 atom stereocenters. The van der Waals surface area contributed by atoms with Gasteiger partial charge in [-0.3, -0.25) is 0 Å². The van der Waals surface area contributed by atoms with Gasteiger partial charge in [-0.2, -0.15) is 0 Å². The van der Waals surface area contributed by atoms with Gasteiger partial charge < -0.3 is 9.73 Å². The SMILES string of the molecule is CC(CC1CC1)NCc1nc2cc(F)ccc2o1. The molecular weight excluding hydrogens is 231 g/mol. The lowest BCUT2D eigenvalue weighted by Crippen LogP contribution is -2.25. The Kier molecular flexibility index (Phi) is 3.04. The maximum absolute atomic E-state index is 13.0. The molecule has 96 valence electrons. The Morgan fingerprint density at radius 2 is 2.33 bits per heavy atom. The fraction of sp³-hybridized carbons (Fsp3) is 0.500. The zero-order chi connectivity index (χ0) is 12.5. The molecule has 1 saturated carbocycles. The van der Waals surface area contributed by atoms with Crippen molar-refractivity contribution >= 4 is 11.1 Å². The van der Waals surface area contributed by atoms with E-state index in [0.717, 1.165) is 5.92 Å². The Labute approximate surface area is 105 Å². The van der Waals surface area contributed by atoms with E-state index >= 15 is 0 Å². The first-order valence-electron chi connectivity index (χ1n) is 6.49. The number of aromatic nitrogens is 1. The summed E-state index contributed by atoms with van der Waals surface area (Å²) in [5.74, 6) is 1.25. The molecule has 1 aromatic heterocycles. The molecular formula is C14H17FN2O. The van der Waals surface area contributed by atoms with E-state index in [1.54, 1.807) is 6.07 Å². The number of hydrogen-bond acceptors (Lipinski definition) is 3. The van der Waals surface area contributed by atoms with Gasteiger partial charge in [-0.25, -0.2) is 9.37 Å². The van der Waals surface area contributed by atoms with Gasteiger partial charge >= 0.3 is 0 Å². The van der Waals surface area contributed by atoms with Crippen LogP contribution in [-0.2, 0) is 6.54 Å². The van der Waals surface area contributed by atoms with E-state index in [2.05, 4.69) is 17.2 Å². The number of halogens is 1. The van der Waals surface area contributed by atoms with Gasteiger partial charge in [-0.15, -0.1) is 0 Å². The highest BCUT2D eigenvalue weighted by atomic mass is 19.1. The van der Waals surface area contributed by atoms with Crippen LogP contribution in [0, 0.1) is 11.7 Å². The van der Waals surface area contributed by atoms with Crippen LogP contribution in [0.25, 0.3) is 11.1 Å². The van der Waals surface area contributed by atoms with E-state index in [0.29, 0.717) is 29.6 Å². The zero-order valence-electron chi connectivity index (χ0n) is 10.4. The standard InChI is InChI=1S/C14H17FN2O/c1-9(6-10-2-3-10)16-8-14-17-12-7-11(15)4-5-13(12)18-14/h4-5,7,9-10,16H,2-3,6,8H2,1H3. The summed E-state index contributed by atoms with van der Waals surface area (Å²) in [5.41, 5.74) is 1.23. The summed E-state index contributed by atoms with van der Waals surface area (Å²) in [6.07, 6.45) is 3.96. The molecule has 1 heterocycles. The largest absolute Gasteiger partial charge is 0.439 e. The Morgan fingerprint density at radius 1 is 1.50 bits per heavy atom. The number of benzene rings is 1. The van der Waals surface area contributed by atoms with Crippen molar-refractivity contribution in [3.63, 3.8) is 0 Å². The number of nitrogens with zero attached hydrogens (tertiary/aromatic N) is 1. The van der Waals surface area contributed by atoms with Crippen molar-refractivity contribution in [3.05, 3.63) is 29.9 Å². The third-order valence-corrected chi connectivity index (χ3v) is 3.38. The third-order valence-electron chi connectivity index (χ3n) is 3.38. The minimum absolute atomic E-state index is 0.280. The zero-order valence-corrected chi connectivity index (χ0v) is 10.4. The fourth-order valence-electron chi connectivity index (χ4n) is 2.22. The lowest BCUT2D eigenvalue weighted by atomic mass is 10.1. The highest BCUT2D eigenvalue weighted by Gasteiger charge is 2.23. The number of fused-ring (bicyclic) bond motifs is 1. The van der Waals surface area contributed by atoms with Crippen molar-refractivity contribution in [1.82, 2.24) is 10.3 Å². The summed E-state index contributed by atoms with van der Waals surface area (Å²) in [6, 6.07) is 4.88. The van der Waals surface area contributed by atoms with Gasteiger partial charge in [0.15, 0.2) is 5.58 Å². The van der Waals surface area contributed by atoms with Gasteiger partial charge in [-0.05, 0) is 31.4 Å². The molecule has 1 aliphatic rings. The Balaban J connectivity index is 1.63. The molecule has 4 heteroatoms.